The summed E-state index contributed by atoms with van der Waals surface area (Å²) < 4.78 is 8.52. The summed E-state index contributed by atoms with van der Waals surface area (Å²) in [6.07, 6.45) is 3.93. The first kappa shape index (κ1) is 25.1. The third-order valence-electron chi connectivity index (χ3n) is 7.35. The summed E-state index contributed by atoms with van der Waals surface area (Å²) in [7, 11) is 0. The van der Waals surface area contributed by atoms with Gasteiger partial charge >= 0.3 is 0 Å². The third kappa shape index (κ3) is 5.41. The molecule has 1 aromatic heterocycles. The van der Waals surface area contributed by atoms with Gasteiger partial charge in [0, 0.05) is 24.6 Å². The summed E-state index contributed by atoms with van der Waals surface area (Å²) in [6, 6.07) is 25.0. The van der Waals surface area contributed by atoms with Gasteiger partial charge in [0.15, 0.2) is 0 Å². The van der Waals surface area contributed by atoms with Crippen LogP contribution in [0.15, 0.2) is 72.8 Å². The minimum absolute atomic E-state index is 0.0441. The summed E-state index contributed by atoms with van der Waals surface area (Å²) in [5.74, 6) is 2.51. The molecular weight excluding hydrogens is 458 g/mol. The van der Waals surface area contributed by atoms with Gasteiger partial charge in [-0.05, 0) is 60.2 Å². The molecule has 0 N–H and O–H groups in total. The molecule has 5 rings (SSSR count). The second-order valence-electron chi connectivity index (χ2n) is 10.3. The first-order valence-electron chi connectivity index (χ1n) is 13.6. The number of carbonyl (C=O) groups excluding carboxylic acids is 1. The number of amides is 1. The lowest BCUT2D eigenvalue weighted by molar-refractivity contribution is -0.117. The number of aromatic nitrogens is 2. The fourth-order valence-electron chi connectivity index (χ4n) is 5.33. The molecular formula is C32H37N3O2. The summed E-state index contributed by atoms with van der Waals surface area (Å²) in [6.45, 7) is 8.45. The first-order valence-corrected chi connectivity index (χ1v) is 13.6. The van der Waals surface area contributed by atoms with E-state index in [-0.39, 0.29) is 11.8 Å². The van der Waals surface area contributed by atoms with Gasteiger partial charge in [-0.25, -0.2) is 4.98 Å². The maximum Gasteiger partial charge on any atom is 0.227 e. The van der Waals surface area contributed by atoms with Crippen molar-refractivity contribution in [1.82, 2.24) is 9.55 Å². The Bertz CT molecular complexity index is 1360. The lowest BCUT2D eigenvalue weighted by Gasteiger charge is -2.18. The van der Waals surface area contributed by atoms with Gasteiger partial charge in [-0.15, -0.1) is 0 Å². The second-order valence-corrected chi connectivity index (χ2v) is 10.3. The monoisotopic (exact) mass is 495 g/mol. The number of fused-ring (bicyclic) bond motifs is 1. The number of hydrogen-bond donors (Lipinski definition) is 0. The summed E-state index contributed by atoms with van der Waals surface area (Å²) in [5.41, 5.74) is 5.57. The molecule has 1 amide bonds. The maximum atomic E-state index is 13.1. The molecule has 4 aromatic rings. The number of para-hydroxylation sites is 3. The lowest BCUT2D eigenvalue weighted by atomic mass is 10.0. The Labute approximate surface area is 220 Å². The van der Waals surface area contributed by atoms with Gasteiger partial charge in [-0.1, -0.05) is 69.7 Å². The molecule has 5 heteroatoms. The fraction of sp³-hybridized carbons (Fsp3) is 0.375. The largest absolute Gasteiger partial charge is 0.491 e. The Kier molecular flexibility index (Phi) is 7.59. The average Bonchev–Trinajstić information content (AvgIpc) is 3.48. The summed E-state index contributed by atoms with van der Waals surface area (Å²) in [4.78, 5) is 20.0. The molecule has 0 saturated carbocycles. The number of hydrogen-bond acceptors (Lipinski definition) is 3. The Hall–Kier alpha value is -3.60. The molecule has 0 radical (unpaired) electrons. The van der Waals surface area contributed by atoms with Crippen LogP contribution >= 0.6 is 0 Å². The van der Waals surface area contributed by atoms with Gasteiger partial charge < -0.3 is 14.2 Å². The van der Waals surface area contributed by atoms with E-state index in [1.165, 1.54) is 24.0 Å². The molecule has 5 nitrogen and oxygen atoms in total. The summed E-state index contributed by atoms with van der Waals surface area (Å²) in [5, 5.41) is 0. The number of rotatable bonds is 10. The summed E-state index contributed by atoms with van der Waals surface area (Å²) >= 11 is 0. The Morgan fingerprint density at radius 1 is 1.00 bits per heavy atom. The van der Waals surface area contributed by atoms with E-state index >= 15 is 0 Å². The van der Waals surface area contributed by atoms with Crippen molar-refractivity contribution in [2.45, 2.75) is 64.8 Å². The van der Waals surface area contributed by atoms with Crippen molar-refractivity contribution in [3.63, 3.8) is 0 Å². The van der Waals surface area contributed by atoms with Crippen molar-refractivity contribution in [3.05, 3.63) is 89.7 Å². The van der Waals surface area contributed by atoms with Crippen LogP contribution < -0.4 is 9.64 Å². The lowest BCUT2D eigenvalue weighted by Crippen LogP contribution is -2.24. The van der Waals surface area contributed by atoms with Crippen LogP contribution in [0.1, 0.15) is 68.8 Å². The van der Waals surface area contributed by atoms with Crippen LogP contribution in [0.4, 0.5) is 5.69 Å². The zero-order chi connectivity index (χ0) is 25.8. The van der Waals surface area contributed by atoms with Crippen LogP contribution in [0.5, 0.6) is 5.75 Å². The van der Waals surface area contributed by atoms with Gasteiger partial charge in [-0.2, -0.15) is 0 Å². The molecule has 1 atom stereocenters. The molecule has 1 unspecified atom stereocenters. The number of nitrogens with zero attached hydrogens (tertiary/aromatic N) is 3. The van der Waals surface area contributed by atoms with Crippen LogP contribution in [0, 0.1) is 0 Å². The molecule has 1 saturated heterocycles. The molecule has 192 valence electrons. The topological polar surface area (TPSA) is 47.4 Å². The van der Waals surface area contributed by atoms with E-state index in [1.807, 2.05) is 35.2 Å². The fourth-order valence-corrected chi connectivity index (χ4v) is 5.33. The van der Waals surface area contributed by atoms with Crippen molar-refractivity contribution in [3.8, 4) is 5.75 Å². The number of benzene rings is 3. The molecule has 0 aliphatic carbocycles. The Morgan fingerprint density at radius 2 is 1.76 bits per heavy atom. The van der Waals surface area contributed by atoms with Crippen LogP contribution in [-0.2, 0) is 17.8 Å². The Morgan fingerprint density at radius 3 is 2.54 bits per heavy atom. The van der Waals surface area contributed by atoms with E-state index in [4.69, 9.17) is 9.72 Å². The molecule has 1 aliphatic heterocycles. The third-order valence-corrected chi connectivity index (χ3v) is 7.35. The number of ether oxygens (including phenoxy) is 1. The van der Waals surface area contributed by atoms with Crippen molar-refractivity contribution < 1.29 is 9.53 Å². The average molecular weight is 496 g/mol. The van der Waals surface area contributed by atoms with Gasteiger partial charge in [0.2, 0.25) is 5.91 Å². The number of unbranched alkanes of at least 4 members (excludes halogenated alkanes) is 1. The Balaban J connectivity index is 1.35. The van der Waals surface area contributed by atoms with Gasteiger partial charge in [-0.3, -0.25) is 4.79 Å². The quantitative estimate of drug-likeness (QED) is 0.236. The van der Waals surface area contributed by atoms with E-state index in [0.29, 0.717) is 32.0 Å². The van der Waals surface area contributed by atoms with E-state index in [1.54, 1.807) is 0 Å². The molecule has 0 spiro atoms. The first-order chi connectivity index (χ1) is 18.0. The normalized spacial score (nSPS) is 15.7. The van der Waals surface area contributed by atoms with Crippen molar-refractivity contribution >= 4 is 22.6 Å². The highest BCUT2D eigenvalue weighted by atomic mass is 16.5. The molecule has 1 aliphatic rings. The molecule has 1 fully saturated rings. The molecule has 2 heterocycles. The van der Waals surface area contributed by atoms with E-state index < -0.39 is 0 Å². The highest BCUT2D eigenvalue weighted by Gasteiger charge is 2.34. The predicted molar refractivity (Wildman–Crippen MR) is 151 cm³/mol. The van der Waals surface area contributed by atoms with E-state index in [0.717, 1.165) is 34.7 Å². The predicted octanol–water partition coefficient (Wildman–Crippen LogP) is 7.10. The highest BCUT2D eigenvalue weighted by Crippen LogP contribution is 2.33. The smallest absolute Gasteiger partial charge is 0.227 e. The van der Waals surface area contributed by atoms with Crippen LogP contribution in [-0.4, -0.2) is 28.6 Å². The van der Waals surface area contributed by atoms with Crippen LogP contribution in [0.3, 0.4) is 0 Å². The van der Waals surface area contributed by atoms with Crippen molar-refractivity contribution in [1.29, 1.82) is 0 Å². The minimum atomic E-state index is 0.0441. The maximum absolute atomic E-state index is 13.1. The zero-order valence-corrected chi connectivity index (χ0v) is 22.2. The highest BCUT2D eigenvalue weighted by molar-refractivity contribution is 5.96. The van der Waals surface area contributed by atoms with Crippen LogP contribution in [0.2, 0.25) is 0 Å². The number of anilines is 1. The zero-order valence-electron chi connectivity index (χ0n) is 22.2. The second kappa shape index (κ2) is 11.2. The number of carbonyl (C=O) groups is 1. The standard InChI is InChI=1S/C32H37N3O2/c1-4-5-10-24-15-17-26(18-16-24)35-22-25(21-31(35)36)32-33-28-12-7-8-13-29(28)34(32)19-20-37-30-14-9-6-11-27(30)23(2)3/h6-9,11-18,23,25H,4-5,10,19-22H2,1-3H3. The van der Waals surface area contributed by atoms with Gasteiger partial charge in [0.25, 0.3) is 0 Å². The molecule has 3 aromatic carbocycles. The van der Waals surface area contributed by atoms with E-state index in [9.17, 15) is 4.79 Å². The van der Waals surface area contributed by atoms with E-state index in [2.05, 4.69) is 67.8 Å². The molecule has 37 heavy (non-hydrogen) atoms. The SMILES string of the molecule is CCCCc1ccc(N2CC(c3nc4ccccc4n3CCOc3ccccc3C(C)C)CC2=O)cc1. The number of aryl methyl sites for hydroxylation is 1. The van der Waals surface area contributed by atoms with Crippen LogP contribution in [0.25, 0.3) is 11.0 Å². The van der Waals surface area contributed by atoms with Gasteiger partial charge in [0.05, 0.1) is 17.6 Å². The minimum Gasteiger partial charge on any atom is -0.491 e. The molecule has 0 bridgehead atoms. The van der Waals surface area contributed by atoms with Gasteiger partial charge in [0.1, 0.15) is 18.2 Å². The number of imidazole rings is 1. The van der Waals surface area contributed by atoms with Crippen molar-refractivity contribution in [2.75, 3.05) is 18.1 Å². The van der Waals surface area contributed by atoms with Crippen molar-refractivity contribution in [2.24, 2.45) is 0 Å².